The molecule has 0 bridgehead atoms. The van der Waals surface area contributed by atoms with Gasteiger partial charge in [-0.3, -0.25) is 19.3 Å². The third kappa shape index (κ3) is 2.72. The molecular weight excluding hydrogens is 304 g/mol. The molecular formula is C19H24N2O3. The number of carbonyl (C=O) groups is 3. The molecule has 1 aromatic rings. The van der Waals surface area contributed by atoms with Crippen LogP contribution in [-0.2, 0) is 4.79 Å². The summed E-state index contributed by atoms with van der Waals surface area (Å²) in [6.45, 7) is 5.98. The predicted octanol–water partition coefficient (Wildman–Crippen LogP) is 2.61. The van der Waals surface area contributed by atoms with Crippen LogP contribution in [-0.4, -0.2) is 34.7 Å². The third-order valence-corrected chi connectivity index (χ3v) is 5.63. The molecule has 1 aromatic carbocycles. The van der Waals surface area contributed by atoms with Crippen LogP contribution in [0.1, 0.15) is 60.7 Å². The van der Waals surface area contributed by atoms with Crippen LogP contribution >= 0.6 is 0 Å². The summed E-state index contributed by atoms with van der Waals surface area (Å²) < 4.78 is 0. The Labute approximate surface area is 142 Å². The monoisotopic (exact) mass is 328 g/mol. The molecule has 1 N–H and O–H groups in total. The Hall–Kier alpha value is -2.17. The molecule has 2 aliphatic rings. The summed E-state index contributed by atoms with van der Waals surface area (Å²) in [4.78, 5) is 38.7. The van der Waals surface area contributed by atoms with Crippen molar-refractivity contribution < 1.29 is 14.4 Å². The SMILES string of the molecule is CC1CCCC(NC(=O)C(C)N2C(=O)c3ccccc3C2=O)C1C. The Kier molecular flexibility index (Phi) is 4.43. The van der Waals surface area contributed by atoms with E-state index in [-0.39, 0.29) is 23.8 Å². The standard InChI is InChI=1S/C19H24N2O3/c1-11-7-6-10-16(12(11)2)20-17(22)13(3)21-18(23)14-8-4-5-9-15(14)19(21)24/h4-5,8-9,11-13,16H,6-7,10H2,1-3H3,(H,20,22). The fourth-order valence-corrected chi connectivity index (χ4v) is 3.77. The molecule has 5 heteroatoms. The van der Waals surface area contributed by atoms with E-state index in [1.165, 1.54) is 6.42 Å². The molecule has 0 radical (unpaired) electrons. The van der Waals surface area contributed by atoms with Gasteiger partial charge in [0.1, 0.15) is 6.04 Å². The van der Waals surface area contributed by atoms with Crippen molar-refractivity contribution in [2.75, 3.05) is 0 Å². The van der Waals surface area contributed by atoms with Crippen LogP contribution in [0.15, 0.2) is 24.3 Å². The van der Waals surface area contributed by atoms with Crippen LogP contribution in [0.2, 0.25) is 0 Å². The highest BCUT2D eigenvalue weighted by Crippen LogP contribution is 2.30. The molecule has 0 saturated heterocycles. The minimum absolute atomic E-state index is 0.110. The number of benzene rings is 1. The molecule has 4 unspecified atom stereocenters. The maximum atomic E-state index is 12.6. The smallest absolute Gasteiger partial charge is 0.262 e. The van der Waals surface area contributed by atoms with Gasteiger partial charge in [0.2, 0.25) is 5.91 Å². The van der Waals surface area contributed by atoms with E-state index in [4.69, 9.17) is 0 Å². The quantitative estimate of drug-likeness (QED) is 0.867. The first-order valence-corrected chi connectivity index (χ1v) is 8.69. The van der Waals surface area contributed by atoms with Gasteiger partial charge >= 0.3 is 0 Å². The van der Waals surface area contributed by atoms with Crippen LogP contribution in [0.5, 0.6) is 0 Å². The van der Waals surface area contributed by atoms with Crippen molar-refractivity contribution >= 4 is 17.7 Å². The van der Waals surface area contributed by atoms with E-state index in [0.29, 0.717) is 23.0 Å². The minimum Gasteiger partial charge on any atom is -0.351 e. The second kappa shape index (κ2) is 6.38. The van der Waals surface area contributed by atoms with Gasteiger partial charge in [0.05, 0.1) is 11.1 Å². The maximum absolute atomic E-state index is 12.6. The molecule has 0 aromatic heterocycles. The Morgan fingerprint density at radius 3 is 2.29 bits per heavy atom. The maximum Gasteiger partial charge on any atom is 0.262 e. The number of imide groups is 1. The van der Waals surface area contributed by atoms with Gasteiger partial charge in [-0.2, -0.15) is 0 Å². The fourth-order valence-electron chi connectivity index (χ4n) is 3.77. The zero-order chi connectivity index (χ0) is 17.4. The van der Waals surface area contributed by atoms with Crippen molar-refractivity contribution in [3.8, 4) is 0 Å². The first-order valence-electron chi connectivity index (χ1n) is 8.69. The topological polar surface area (TPSA) is 66.5 Å². The molecule has 1 aliphatic carbocycles. The summed E-state index contributed by atoms with van der Waals surface area (Å²) in [5, 5.41) is 3.06. The molecule has 3 amide bonds. The highest BCUT2D eigenvalue weighted by atomic mass is 16.2. The summed E-state index contributed by atoms with van der Waals surface area (Å²) in [5.41, 5.74) is 0.753. The summed E-state index contributed by atoms with van der Waals surface area (Å²) in [6, 6.07) is 6.02. The number of carbonyl (C=O) groups excluding carboxylic acids is 3. The average molecular weight is 328 g/mol. The zero-order valence-electron chi connectivity index (χ0n) is 14.4. The number of rotatable bonds is 3. The third-order valence-electron chi connectivity index (χ3n) is 5.63. The van der Waals surface area contributed by atoms with Crippen molar-refractivity contribution in [3.05, 3.63) is 35.4 Å². The van der Waals surface area contributed by atoms with Gasteiger partial charge in [0.25, 0.3) is 11.8 Å². The highest BCUT2D eigenvalue weighted by molar-refractivity contribution is 6.22. The van der Waals surface area contributed by atoms with Gasteiger partial charge in [0, 0.05) is 6.04 Å². The first-order chi connectivity index (χ1) is 11.4. The van der Waals surface area contributed by atoms with Crippen molar-refractivity contribution in [2.45, 2.75) is 52.1 Å². The lowest BCUT2D eigenvalue weighted by molar-refractivity contribution is -0.126. The van der Waals surface area contributed by atoms with E-state index < -0.39 is 6.04 Å². The van der Waals surface area contributed by atoms with Crippen LogP contribution in [0.3, 0.4) is 0 Å². The Morgan fingerprint density at radius 1 is 1.12 bits per heavy atom. The summed E-state index contributed by atoms with van der Waals surface area (Å²) >= 11 is 0. The average Bonchev–Trinajstić information content (AvgIpc) is 2.83. The summed E-state index contributed by atoms with van der Waals surface area (Å²) in [5.74, 6) is -0.0576. The molecule has 1 heterocycles. The molecule has 128 valence electrons. The van der Waals surface area contributed by atoms with Gasteiger partial charge in [-0.1, -0.05) is 38.8 Å². The van der Waals surface area contributed by atoms with Crippen molar-refractivity contribution in [1.82, 2.24) is 10.2 Å². The molecule has 24 heavy (non-hydrogen) atoms. The molecule has 1 aliphatic heterocycles. The Balaban J connectivity index is 1.73. The lowest BCUT2D eigenvalue weighted by Gasteiger charge is -2.35. The normalized spacial score (nSPS) is 27.8. The van der Waals surface area contributed by atoms with Crippen LogP contribution in [0.4, 0.5) is 0 Å². The number of nitrogens with zero attached hydrogens (tertiary/aromatic N) is 1. The van der Waals surface area contributed by atoms with E-state index >= 15 is 0 Å². The van der Waals surface area contributed by atoms with E-state index in [2.05, 4.69) is 19.2 Å². The summed E-state index contributed by atoms with van der Waals surface area (Å²) in [6.07, 6.45) is 3.23. The minimum atomic E-state index is -0.804. The van der Waals surface area contributed by atoms with E-state index in [0.717, 1.165) is 17.7 Å². The van der Waals surface area contributed by atoms with Crippen molar-refractivity contribution in [3.63, 3.8) is 0 Å². The van der Waals surface area contributed by atoms with Gasteiger partial charge in [-0.15, -0.1) is 0 Å². The van der Waals surface area contributed by atoms with Crippen LogP contribution in [0.25, 0.3) is 0 Å². The highest BCUT2D eigenvalue weighted by Gasteiger charge is 2.41. The predicted molar refractivity (Wildman–Crippen MR) is 90.5 cm³/mol. The number of hydrogen-bond donors (Lipinski definition) is 1. The molecule has 1 saturated carbocycles. The number of amides is 3. The molecule has 5 nitrogen and oxygen atoms in total. The van der Waals surface area contributed by atoms with Crippen molar-refractivity contribution in [1.29, 1.82) is 0 Å². The molecule has 0 spiro atoms. The van der Waals surface area contributed by atoms with Gasteiger partial charge < -0.3 is 5.32 Å². The Bertz CT molecular complexity index is 650. The van der Waals surface area contributed by atoms with E-state index in [1.807, 2.05) is 0 Å². The Morgan fingerprint density at radius 2 is 1.71 bits per heavy atom. The van der Waals surface area contributed by atoms with Crippen molar-refractivity contribution in [2.24, 2.45) is 11.8 Å². The zero-order valence-corrected chi connectivity index (χ0v) is 14.4. The largest absolute Gasteiger partial charge is 0.351 e. The molecule has 3 rings (SSSR count). The number of hydrogen-bond acceptors (Lipinski definition) is 3. The second-order valence-electron chi connectivity index (χ2n) is 7.08. The van der Waals surface area contributed by atoms with Gasteiger partial charge in [-0.25, -0.2) is 0 Å². The molecule has 4 atom stereocenters. The lowest BCUT2D eigenvalue weighted by Crippen LogP contribution is -2.52. The fraction of sp³-hybridized carbons (Fsp3) is 0.526. The first kappa shape index (κ1) is 16.7. The van der Waals surface area contributed by atoms with Gasteiger partial charge in [-0.05, 0) is 37.3 Å². The lowest BCUT2D eigenvalue weighted by atomic mass is 9.78. The van der Waals surface area contributed by atoms with Crippen LogP contribution < -0.4 is 5.32 Å². The van der Waals surface area contributed by atoms with Gasteiger partial charge in [0.15, 0.2) is 0 Å². The van der Waals surface area contributed by atoms with Crippen LogP contribution in [0, 0.1) is 11.8 Å². The number of fused-ring (bicyclic) bond motifs is 1. The number of nitrogens with one attached hydrogen (secondary N) is 1. The second-order valence-corrected chi connectivity index (χ2v) is 7.08. The van der Waals surface area contributed by atoms with E-state index in [1.54, 1.807) is 31.2 Å². The summed E-state index contributed by atoms with van der Waals surface area (Å²) in [7, 11) is 0. The molecule has 1 fully saturated rings. The van der Waals surface area contributed by atoms with E-state index in [9.17, 15) is 14.4 Å².